The topological polar surface area (TPSA) is 9.23 Å². The van der Waals surface area contributed by atoms with E-state index in [0.29, 0.717) is 0 Å². The Labute approximate surface area is 162 Å². The second kappa shape index (κ2) is 7.45. The second-order valence-corrected chi connectivity index (χ2v) is 24.0. The summed E-state index contributed by atoms with van der Waals surface area (Å²) in [5.41, 5.74) is 0. The summed E-state index contributed by atoms with van der Waals surface area (Å²) in [7, 11) is 0. The molecule has 1 nitrogen and oxygen atoms in total. The molecule has 0 radical (unpaired) electrons. The molecule has 0 aliphatic rings. The third-order valence-corrected chi connectivity index (χ3v) is 25.9. The predicted molar refractivity (Wildman–Crippen MR) is 104 cm³/mol. The number of benzene rings is 2. The minimum absolute atomic E-state index is 0.217. The van der Waals surface area contributed by atoms with Crippen molar-refractivity contribution in [2.75, 3.05) is 0 Å². The van der Waals surface area contributed by atoms with Crippen LogP contribution in [0.1, 0.15) is 41.5 Å². The van der Waals surface area contributed by atoms with Crippen LogP contribution in [0.25, 0.3) is 0 Å². The van der Waals surface area contributed by atoms with Gasteiger partial charge in [-0.25, -0.2) is 0 Å². The van der Waals surface area contributed by atoms with Crippen molar-refractivity contribution in [3.63, 3.8) is 0 Å². The molecule has 2 rings (SSSR count). The van der Waals surface area contributed by atoms with Gasteiger partial charge in [0.2, 0.25) is 0 Å². The van der Waals surface area contributed by atoms with Crippen LogP contribution >= 0.6 is 0 Å². The second-order valence-electron chi connectivity index (χ2n) is 9.40. The normalized spacial score (nSPS) is 13.8. The molecule has 3 heteroatoms. The van der Waals surface area contributed by atoms with Crippen molar-refractivity contribution in [1.82, 2.24) is 0 Å². The monoisotopic (exact) mass is 410 g/mol. The quantitative estimate of drug-likeness (QED) is 0.536. The molecule has 0 N–H and O–H groups in total. The van der Waals surface area contributed by atoms with E-state index in [-0.39, 0.29) is 7.44 Å². The molecule has 0 atom stereocenters. The summed E-state index contributed by atoms with van der Waals surface area (Å²) in [5, 5.41) is 4.93. The van der Waals surface area contributed by atoms with Gasteiger partial charge in [0.1, 0.15) is 0 Å². The van der Waals surface area contributed by atoms with Crippen molar-refractivity contribution >= 4 is 7.74 Å². The van der Waals surface area contributed by atoms with Crippen molar-refractivity contribution < 1.29 is 35.9 Å². The third kappa shape index (κ3) is 4.23. The van der Waals surface area contributed by atoms with E-state index in [4.69, 9.17) is 1.90 Å². The fourth-order valence-electron chi connectivity index (χ4n) is 3.64. The van der Waals surface area contributed by atoms with E-state index in [1.54, 1.807) is 0 Å². The van der Waals surface area contributed by atoms with Crippen LogP contribution < -0.4 is 7.74 Å². The first-order valence-corrected chi connectivity index (χ1v) is 16.8. The number of rotatable bonds is 4. The van der Waals surface area contributed by atoms with Gasteiger partial charge in [-0.2, -0.15) is 0 Å². The van der Waals surface area contributed by atoms with E-state index < -0.39 is 34.0 Å². The van der Waals surface area contributed by atoms with Crippen LogP contribution in [0.4, 0.5) is 0 Å². The zero-order valence-corrected chi connectivity index (χ0v) is 20.3. The zero-order valence-electron chi connectivity index (χ0n) is 17.2. The Kier molecular flexibility index (Phi) is 6.30. The molecule has 136 valence electrons. The van der Waals surface area contributed by atoms with E-state index >= 15 is 0 Å². The van der Waals surface area contributed by atoms with Gasteiger partial charge >= 0.3 is 164 Å². The Bertz CT molecular complexity index is 628. The summed E-state index contributed by atoms with van der Waals surface area (Å²) in [5.74, 6) is 0. The summed E-state index contributed by atoms with van der Waals surface area (Å²) in [6, 6.07) is 21.9. The van der Waals surface area contributed by atoms with Gasteiger partial charge in [0, 0.05) is 0 Å². The fourth-order valence-corrected chi connectivity index (χ4v) is 23.6. The summed E-state index contributed by atoms with van der Waals surface area (Å²) in [4.78, 5) is 0. The minimum atomic E-state index is -2.92. The average molecular weight is 410 g/mol. The predicted octanol–water partition coefficient (Wildman–Crippen LogP) is 6.32. The molecule has 0 aliphatic carbocycles. The van der Waals surface area contributed by atoms with Crippen molar-refractivity contribution in [3.8, 4) is 0 Å². The molecule has 0 aliphatic heterocycles. The van der Waals surface area contributed by atoms with E-state index in [9.17, 15) is 0 Å². The van der Waals surface area contributed by atoms with Crippen LogP contribution in [0.15, 0.2) is 60.7 Å². The Balaban J connectivity index is 2.65. The summed E-state index contributed by atoms with van der Waals surface area (Å²) < 4.78 is 10.8. The van der Waals surface area contributed by atoms with E-state index in [1.165, 1.54) is 7.74 Å². The van der Waals surface area contributed by atoms with Crippen molar-refractivity contribution in [2.24, 2.45) is 0 Å². The molecule has 25 heavy (non-hydrogen) atoms. The molecule has 0 saturated carbocycles. The summed E-state index contributed by atoms with van der Waals surface area (Å²) >= 11 is -5.62. The molecule has 0 aromatic heterocycles. The zero-order chi connectivity index (χ0) is 18.9. The molecule has 0 amide bonds. The van der Waals surface area contributed by atoms with Crippen LogP contribution in [-0.2, 0) is 35.9 Å². The maximum absolute atomic E-state index is 7.50. The summed E-state index contributed by atoms with van der Waals surface area (Å²) in [6.07, 6.45) is 0. The Hall–Kier alpha value is -0.171. The van der Waals surface area contributed by atoms with Crippen molar-refractivity contribution in [3.05, 3.63) is 60.7 Å². The molecule has 0 saturated heterocycles. The van der Waals surface area contributed by atoms with E-state index in [0.717, 1.165) is 0 Å². The van der Waals surface area contributed by atoms with E-state index in [2.05, 4.69) is 113 Å². The number of hydrogen-bond acceptors (Lipinski definition) is 1. The van der Waals surface area contributed by atoms with Crippen molar-refractivity contribution in [1.29, 1.82) is 0 Å². The number of hydrogen-bond donors (Lipinski definition) is 0. The van der Waals surface area contributed by atoms with Gasteiger partial charge in [-0.05, 0) is 0 Å². The van der Waals surface area contributed by atoms with Crippen LogP contribution in [-0.4, -0.2) is 0 Å². The van der Waals surface area contributed by atoms with Gasteiger partial charge in [0.15, 0.2) is 0 Å². The molecule has 2 aromatic rings. The van der Waals surface area contributed by atoms with Gasteiger partial charge in [-0.3, -0.25) is 0 Å². The molecule has 2 aromatic carbocycles. The molecular weight excluding hydrogens is 376 g/mol. The Morgan fingerprint density at radius 2 is 0.920 bits per heavy atom. The average Bonchev–Trinajstić information content (AvgIpc) is 2.54. The SMILES string of the molecule is C[C](C)(C)[Ti]([CH3])([O][Ti]([CH3])([c]1ccccc1)[c]1ccccc1)[C](C)(C)C. The third-order valence-electron chi connectivity index (χ3n) is 5.92. The Morgan fingerprint density at radius 1 is 0.600 bits per heavy atom. The molecule has 0 spiro atoms. The van der Waals surface area contributed by atoms with Crippen LogP contribution in [0, 0.1) is 0 Å². The standard InChI is InChI=1S/2C6H5.2C4H9.2CH3.O.2Ti/c2*1-2-4-6-5-3-1;2*1-4(2)3;;;;;/h2*1-5H;2*1-3H3;2*1H3;;;. The van der Waals surface area contributed by atoms with E-state index in [1.807, 2.05) is 0 Å². The molecule has 0 unspecified atom stereocenters. The summed E-state index contributed by atoms with van der Waals surface area (Å²) in [6.45, 7) is 14.3. The molecule has 0 bridgehead atoms. The van der Waals surface area contributed by atoms with Crippen molar-refractivity contribution in [2.45, 2.75) is 59.4 Å². The van der Waals surface area contributed by atoms with Gasteiger partial charge in [0.25, 0.3) is 0 Å². The van der Waals surface area contributed by atoms with Crippen LogP contribution in [0.5, 0.6) is 0 Å². The van der Waals surface area contributed by atoms with Crippen LogP contribution in [0.2, 0.25) is 17.9 Å². The van der Waals surface area contributed by atoms with Gasteiger partial charge in [0.05, 0.1) is 0 Å². The van der Waals surface area contributed by atoms with Crippen LogP contribution in [0.3, 0.4) is 0 Å². The first-order chi connectivity index (χ1) is 11.4. The first kappa shape index (κ1) is 21.1. The van der Waals surface area contributed by atoms with Gasteiger partial charge < -0.3 is 0 Å². The van der Waals surface area contributed by atoms with Gasteiger partial charge in [-0.15, -0.1) is 0 Å². The molecule has 0 heterocycles. The molecular formula is C22H34OTi2. The Morgan fingerprint density at radius 3 is 1.20 bits per heavy atom. The maximum atomic E-state index is 7.50. The van der Waals surface area contributed by atoms with Gasteiger partial charge in [-0.1, -0.05) is 0 Å². The first-order valence-electron chi connectivity index (χ1n) is 9.23. The fraction of sp³-hybridized carbons (Fsp3) is 0.455. The molecule has 0 fully saturated rings.